The Bertz CT molecular complexity index is 482. The number of aromatic nitrogens is 1. The van der Waals surface area contributed by atoms with Crippen molar-refractivity contribution in [3.63, 3.8) is 0 Å². The minimum atomic E-state index is -0.104. The first kappa shape index (κ1) is 13.3. The van der Waals surface area contributed by atoms with Crippen molar-refractivity contribution >= 4 is 11.8 Å². The largest absolute Gasteiger partial charge is 0.480 e. The molecule has 102 valence electrons. The molecule has 1 aliphatic heterocycles. The molecule has 0 saturated carbocycles. The first-order valence-electron chi connectivity index (χ1n) is 6.17. The smallest absolute Gasteiger partial charge is 0.259 e. The normalized spacial score (nSPS) is 15.3. The molecule has 0 aromatic carbocycles. The zero-order chi connectivity index (χ0) is 13.8. The van der Waals surface area contributed by atoms with Crippen molar-refractivity contribution < 1.29 is 14.3 Å². The number of rotatable bonds is 2. The highest BCUT2D eigenvalue weighted by atomic mass is 16.5. The fraction of sp³-hybridized carbons (Fsp3) is 0.462. The Morgan fingerprint density at radius 1 is 1.21 bits per heavy atom. The highest BCUT2D eigenvalue weighted by molar-refractivity contribution is 5.96. The third-order valence-corrected chi connectivity index (χ3v) is 3.21. The molecule has 6 heteroatoms. The molecule has 19 heavy (non-hydrogen) atoms. The van der Waals surface area contributed by atoms with Gasteiger partial charge < -0.3 is 14.5 Å². The summed E-state index contributed by atoms with van der Waals surface area (Å²) in [5, 5.41) is 0. The molecule has 2 heterocycles. The lowest BCUT2D eigenvalue weighted by molar-refractivity contribution is -0.130. The molecule has 0 aliphatic carbocycles. The first-order valence-corrected chi connectivity index (χ1v) is 6.17. The number of hydrogen-bond donors (Lipinski definition) is 0. The van der Waals surface area contributed by atoms with E-state index in [2.05, 4.69) is 4.98 Å². The molecule has 0 unspecified atom stereocenters. The Balaban J connectivity index is 2.07. The topological polar surface area (TPSA) is 62.7 Å². The van der Waals surface area contributed by atoms with E-state index in [1.807, 2.05) is 0 Å². The van der Waals surface area contributed by atoms with Gasteiger partial charge in [-0.25, -0.2) is 4.98 Å². The molecule has 0 radical (unpaired) electrons. The molecule has 1 aromatic heterocycles. The summed E-state index contributed by atoms with van der Waals surface area (Å²) in [6.45, 7) is 3.77. The third kappa shape index (κ3) is 2.83. The van der Waals surface area contributed by atoms with E-state index < -0.39 is 0 Å². The van der Waals surface area contributed by atoms with Crippen LogP contribution in [-0.2, 0) is 4.79 Å². The Kier molecular flexibility index (Phi) is 3.99. The fourth-order valence-corrected chi connectivity index (χ4v) is 2.11. The van der Waals surface area contributed by atoms with E-state index in [0.717, 1.165) is 0 Å². The highest BCUT2D eigenvalue weighted by Gasteiger charge is 2.25. The van der Waals surface area contributed by atoms with Crippen LogP contribution in [0, 0.1) is 0 Å². The van der Waals surface area contributed by atoms with Crippen molar-refractivity contribution in [1.29, 1.82) is 0 Å². The van der Waals surface area contributed by atoms with Crippen molar-refractivity contribution in [3.8, 4) is 5.88 Å². The Labute approximate surface area is 112 Å². The number of carbonyl (C=O) groups excluding carboxylic acids is 2. The molecule has 1 fully saturated rings. The van der Waals surface area contributed by atoms with Crippen LogP contribution in [-0.4, -0.2) is 59.9 Å². The summed E-state index contributed by atoms with van der Waals surface area (Å²) in [6.07, 6.45) is 1.59. The van der Waals surface area contributed by atoms with Gasteiger partial charge in [0.05, 0.1) is 7.11 Å². The summed E-state index contributed by atoms with van der Waals surface area (Å²) in [7, 11) is 1.49. The molecule has 0 atom stereocenters. The molecule has 0 bridgehead atoms. The number of ether oxygens (including phenoxy) is 1. The van der Waals surface area contributed by atoms with Crippen LogP contribution >= 0.6 is 0 Å². The molecule has 6 nitrogen and oxygen atoms in total. The van der Waals surface area contributed by atoms with E-state index >= 15 is 0 Å². The van der Waals surface area contributed by atoms with E-state index in [4.69, 9.17) is 4.74 Å². The lowest BCUT2D eigenvalue weighted by Crippen LogP contribution is -2.50. The SMILES string of the molecule is COc1ncccc1C(=O)N1CCN(C(C)=O)CC1. The Morgan fingerprint density at radius 3 is 2.42 bits per heavy atom. The monoisotopic (exact) mass is 263 g/mol. The van der Waals surface area contributed by atoms with Crippen molar-refractivity contribution in [3.05, 3.63) is 23.9 Å². The van der Waals surface area contributed by atoms with Crippen molar-refractivity contribution in [1.82, 2.24) is 14.8 Å². The van der Waals surface area contributed by atoms with Gasteiger partial charge in [0.2, 0.25) is 11.8 Å². The van der Waals surface area contributed by atoms with Crippen LogP contribution in [0.1, 0.15) is 17.3 Å². The molecule has 1 aromatic rings. The van der Waals surface area contributed by atoms with Gasteiger partial charge in [-0.05, 0) is 12.1 Å². The van der Waals surface area contributed by atoms with E-state index in [-0.39, 0.29) is 11.8 Å². The van der Waals surface area contributed by atoms with E-state index in [1.165, 1.54) is 7.11 Å². The minimum absolute atomic E-state index is 0.0473. The van der Waals surface area contributed by atoms with Gasteiger partial charge in [-0.2, -0.15) is 0 Å². The minimum Gasteiger partial charge on any atom is -0.480 e. The number of amides is 2. The molecule has 0 spiro atoms. The average molecular weight is 263 g/mol. The number of pyridine rings is 1. The molecule has 0 N–H and O–H groups in total. The lowest BCUT2D eigenvalue weighted by Gasteiger charge is -2.34. The van der Waals surface area contributed by atoms with Gasteiger partial charge in [-0.15, -0.1) is 0 Å². The predicted octanol–water partition coefficient (Wildman–Crippen LogP) is 0.395. The van der Waals surface area contributed by atoms with Crippen molar-refractivity contribution in [2.75, 3.05) is 33.3 Å². The van der Waals surface area contributed by atoms with E-state index in [1.54, 1.807) is 35.1 Å². The molecular weight excluding hydrogens is 246 g/mol. The summed E-state index contributed by atoms with van der Waals surface area (Å²) in [4.78, 5) is 31.1. The standard InChI is InChI=1S/C13H17N3O3/c1-10(17)15-6-8-16(9-7-15)13(18)11-4-3-5-14-12(11)19-2/h3-5H,6-9H2,1-2H3. The Hall–Kier alpha value is -2.11. The molecule has 1 saturated heterocycles. The van der Waals surface area contributed by atoms with Crippen LogP contribution in [0.25, 0.3) is 0 Å². The van der Waals surface area contributed by atoms with Gasteiger partial charge in [0.15, 0.2) is 0 Å². The zero-order valence-electron chi connectivity index (χ0n) is 11.1. The van der Waals surface area contributed by atoms with E-state index in [0.29, 0.717) is 37.6 Å². The van der Waals surface area contributed by atoms with Crippen LogP contribution in [0.5, 0.6) is 5.88 Å². The number of methoxy groups -OCH3 is 1. The van der Waals surface area contributed by atoms with Crippen LogP contribution in [0.15, 0.2) is 18.3 Å². The quantitative estimate of drug-likeness (QED) is 0.774. The number of nitrogens with zero attached hydrogens (tertiary/aromatic N) is 3. The fourth-order valence-electron chi connectivity index (χ4n) is 2.11. The van der Waals surface area contributed by atoms with Crippen molar-refractivity contribution in [2.24, 2.45) is 0 Å². The first-order chi connectivity index (χ1) is 9.13. The van der Waals surface area contributed by atoms with Crippen LogP contribution in [0.2, 0.25) is 0 Å². The maximum Gasteiger partial charge on any atom is 0.259 e. The molecule has 2 amide bonds. The number of carbonyl (C=O) groups is 2. The second kappa shape index (κ2) is 5.69. The average Bonchev–Trinajstić information content (AvgIpc) is 2.46. The molecule has 1 aliphatic rings. The third-order valence-electron chi connectivity index (χ3n) is 3.21. The van der Waals surface area contributed by atoms with Crippen LogP contribution < -0.4 is 4.74 Å². The van der Waals surface area contributed by atoms with Crippen LogP contribution in [0.4, 0.5) is 0 Å². The summed E-state index contributed by atoms with van der Waals surface area (Å²) in [6, 6.07) is 3.41. The van der Waals surface area contributed by atoms with Gasteiger partial charge in [0.1, 0.15) is 5.56 Å². The Morgan fingerprint density at radius 2 is 1.84 bits per heavy atom. The van der Waals surface area contributed by atoms with E-state index in [9.17, 15) is 9.59 Å². The second-order valence-corrected chi connectivity index (χ2v) is 4.36. The van der Waals surface area contributed by atoms with Gasteiger partial charge in [-0.3, -0.25) is 9.59 Å². The van der Waals surface area contributed by atoms with Gasteiger partial charge in [0.25, 0.3) is 5.91 Å². The zero-order valence-corrected chi connectivity index (χ0v) is 11.1. The molecular formula is C13H17N3O3. The summed E-state index contributed by atoms with van der Waals surface area (Å²) in [5.74, 6) is 0.278. The summed E-state index contributed by atoms with van der Waals surface area (Å²) < 4.78 is 5.09. The maximum absolute atomic E-state index is 12.4. The van der Waals surface area contributed by atoms with Crippen LogP contribution in [0.3, 0.4) is 0 Å². The van der Waals surface area contributed by atoms with Gasteiger partial charge >= 0.3 is 0 Å². The maximum atomic E-state index is 12.4. The number of piperazine rings is 1. The summed E-state index contributed by atoms with van der Waals surface area (Å²) in [5.41, 5.74) is 0.460. The summed E-state index contributed by atoms with van der Waals surface area (Å²) >= 11 is 0. The van der Waals surface area contributed by atoms with Gasteiger partial charge in [0, 0.05) is 39.3 Å². The molecule has 2 rings (SSSR count). The second-order valence-electron chi connectivity index (χ2n) is 4.36. The lowest BCUT2D eigenvalue weighted by atomic mass is 10.2. The highest BCUT2D eigenvalue weighted by Crippen LogP contribution is 2.17. The van der Waals surface area contributed by atoms with Crippen molar-refractivity contribution in [2.45, 2.75) is 6.92 Å². The number of hydrogen-bond acceptors (Lipinski definition) is 4. The van der Waals surface area contributed by atoms with Gasteiger partial charge in [-0.1, -0.05) is 0 Å². The predicted molar refractivity (Wildman–Crippen MR) is 68.9 cm³/mol.